The number of nitrogens with zero attached hydrogens (tertiary/aromatic N) is 3. The summed E-state index contributed by atoms with van der Waals surface area (Å²) in [6.07, 6.45) is 1.95. The van der Waals surface area contributed by atoms with Crippen LogP contribution in [0.1, 0.15) is 35.5 Å². The summed E-state index contributed by atoms with van der Waals surface area (Å²) in [7, 11) is 1.95. The summed E-state index contributed by atoms with van der Waals surface area (Å²) in [4.78, 5) is 30.0. The Kier molecular flexibility index (Phi) is 7.99. The van der Waals surface area contributed by atoms with Gasteiger partial charge in [-0.1, -0.05) is 53.5 Å². The first-order chi connectivity index (χ1) is 15.3. The highest BCUT2D eigenvalue weighted by Gasteiger charge is 2.25. The smallest absolute Gasteiger partial charge is 0.254 e. The van der Waals surface area contributed by atoms with Crippen LogP contribution in [-0.4, -0.2) is 38.8 Å². The van der Waals surface area contributed by atoms with E-state index in [0.717, 1.165) is 11.3 Å². The molecular formula is C25H27Cl2N3O2. The first kappa shape index (κ1) is 23.9. The van der Waals surface area contributed by atoms with Crippen LogP contribution < -0.4 is 0 Å². The molecule has 0 atom stereocenters. The maximum absolute atomic E-state index is 13.4. The van der Waals surface area contributed by atoms with E-state index in [2.05, 4.69) is 0 Å². The average molecular weight is 472 g/mol. The van der Waals surface area contributed by atoms with Crippen molar-refractivity contribution in [1.82, 2.24) is 14.4 Å². The van der Waals surface area contributed by atoms with Crippen molar-refractivity contribution >= 4 is 35.0 Å². The second kappa shape index (κ2) is 10.7. The lowest BCUT2D eigenvalue weighted by molar-refractivity contribution is -0.133. The van der Waals surface area contributed by atoms with E-state index in [1.54, 1.807) is 21.9 Å². The molecule has 0 radical (unpaired) electrons. The Morgan fingerprint density at radius 1 is 0.938 bits per heavy atom. The highest BCUT2D eigenvalue weighted by atomic mass is 35.5. The molecule has 0 N–H and O–H groups in total. The van der Waals surface area contributed by atoms with Crippen molar-refractivity contribution in [2.45, 2.75) is 33.0 Å². The molecule has 1 aromatic heterocycles. The summed E-state index contributed by atoms with van der Waals surface area (Å²) >= 11 is 12.1. The van der Waals surface area contributed by atoms with Gasteiger partial charge >= 0.3 is 0 Å². The van der Waals surface area contributed by atoms with Crippen LogP contribution in [0.5, 0.6) is 0 Å². The highest BCUT2D eigenvalue weighted by molar-refractivity contribution is 6.42. The summed E-state index contributed by atoms with van der Waals surface area (Å²) < 4.78 is 1.99. The predicted molar refractivity (Wildman–Crippen MR) is 129 cm³/mol. The van der Waals surface area contributed by atoms with E-state index < -0.39 is 0 Å². The zero-order chi connectivity index (χ0) is 23.3. The van der Waals surface area contributed by atoms with Gasteiger partial charge in [-0.15, -0.1) is 0 Å². The van der Waals surface area contributed by atoms with Gasteiger partial charge in [0.05, 0.1) is 16.6 Å². The summed E-state index contributed by atoms with van der Waals surface area (Å²) in [5.74, 6) is -0.386. The third kappa shape index (κ3) is 5.93. The quantitative estimate of drug-likeness (QED) is 0.440. The zero-order valence-corrected chi connectivity index (χ0v) is 20.0. The van der Waals surface area contributed by atoms with Gasteiger partial charge in [0.25, 0.3) is 5.91 Å². The van der Waals surface area contributed by atoms with Gasteiger partial charge < -0.3 is 14.4 Å². The lowest BCUT2D eigenvalue weighted by Crippen LogP contribution is -2.45. The van der Waals surface area contributed by atoms with Crippen LogP contribution in [0.25, 0.3) is 0 Å². The molecule has 0 fully saturated rings. The van der Waals surface area contributed by atoms with Crippen molar-refractivity contribution in [3.05, 3.63) is 93.7 Å². The zero-order valence-electron chi connectivity index (χ0n) is 18.5. The van der Waals surface area contributed by atoms with E-state index in [0.29, 0.717) is 28.7 Å². The van der Waals surface area contributed by atoms with E-state index in [9.17, 15) is 9.59 Å². The van der Waals surface area contributed by atoms with Crippen LogP contribution in [0.2, 0.25) is 10.0 Å². The third-order valence-electron chi connectivity index (χ3n) is 5.33. The van der Waals surface area contributed by atoms with Crippen molar-refractivity contribution in [2.75, 3.05) is 6.54 Å². The van der Waals surface area contributed by atoms with Crippen LogP contribution >= 0.6 is 23.2 Å². The molecule has 168 valence electrons. The molecule has 1 heterocycles. The van der Waals surface area contributed by atoms with Gasteiger partial charge in [0.2, 0.25) is 5.91 Å². The minimum atomic E-state index is -0.259. The Morgan fingerprint density at radius 2 is 1.66 bits per heavy atom. The van der Waals surface area contributed by atoms with E-state index in [4.69, 9.17) is 23.2 Å². The molecular weight excluding hydrogens is 445 g/mol. The average Bonchev–Trinajstić information content (AvgIpc) is 3.17. The molecule has 7 heteroatoms. The second-order valence-corrected chi connectivity index (χ2v) is 8.82. The van der Waals surface area contributed by atoms with E-state index in [1.807, 2.05) is 74.1 Å². The number of hydrogen-bond donors (Lipinski definition) is 0. The van der Waals surface area contributed by atoms with Gasteiger partial charge in [0.15, 0.2) is 0 Å². The fraction of sp³-hybridized carbons (Fsp3) is 0.280. The summed E-state index contributed by atoms with van der Waals surface area (Å²) in [5, 5.41) is 0.689. The maximum Gasteiger partial charge on any atom is 0.254 e. The Bertz CT molecular complexity index is 1080. The summed E-state index contributed by atoms with van der Waals surface area (Å²) in [6.45, 7) is 4.65. The number of carbonyl (C=O) groups excluding carboxylic acids is 2. The predicted octanol–water partition coefficient (Wildman–Crippen LogP) is 5.41. The lowest BCUT2D eigenvalue weighted by Gasteiger charge is -2.30. The van der Waals surface area contributed by atoms with Gasteiger partial charge in [-0.25, -0.2) is 0 Å². The molecule has 0 saturated carbocycles. The molecule has 0 aliphatic heterocycles. The van der Waals surface area contributed by atoms with E-state index in [-0.39, 0.29) is 24.4 Å². The van der Waals surface area contributed by atoms with Crippen molar-refractivity contribution in [3.8, 4) is 0 Å². The molecule has 3 rings (SSSR count). The van der Waals surface area contributed by atoms with Gasteiger partial charge in [-0.2, -0.15) is 0 Å². The molecule has 0 aliphatic rings. The van der Waals surface area contributed by atoms with Crippen molar-refractivity contribution in [1.29, 1.82) is 0 Å². The highest BCUT2D eigenvalue weighted by Crippen LogP contribution is 2.24. The molecule has 0 spiro atoms. The van der Waals surface area contributed by atoms with Crippen LogP contribution in [0.15, 0.2) is 66.9 Å². The Labute approximate surface area is 199 Å². The molecule has 0 aliphatic carbocycles. The fourth-order valence-electron chi connectivity index (χ4n) is 3.42. The van der Waals surface area contributed by atoms with Crippen LogP contribution in [0, 0.1) is 0 Å². The fourth-order valence-corrected chi connectivity index (χ4v) is 3.72. The molecule has 3 aromatic rings. The SMILES string of the molecule is CC(C)N(CC(=O)N(Cc1ccccc1)Cc1cccn1C)C(=O)c1ccc(Cl)c(Cl)c1. The molecule has 2 amide bonds. The minimum Gasteiger partial charge on any atom is -0.353 e. The molecule has 5 nitrogen and oxygen atoms in total. The van der Waals surface area contributed by atoms with Crippen LogP contribution in [0.4, 0.5) is 0 Å². The Hall–Kier alpha value is -2.76. The second-order valence-electron chi connectivity index (χ2n) is 8.00. The van der Waals surface area contributed by atoms with Gasteiger partial charge in [0.1, 0.15) is 6.54 Å². The summed E-state index contributed by atoms with van der Waals surface area (Å²) in [6, 6.07) is 18.4. The number of aromatic nitrogens is 1. The number of halogens is 2. The van der Waals surface area contributed by atoms with Crippen molar-refractivity contribution < 1.29 is 9.59 Å². The molecule has 32 heavy (non-hydrogen) atoms. The van der Waals surface area contributed by atoms with Crippen LogP contribution in [0.3, 0.4) is 0 Å². The molecule has 0 bridgehead atoms. The Balaban J connectivity index is 1.83. The largest absolute Gasteiger partial charge is 0.353 e. The summed E-state index contributed by atoms with van der Waals surface area (Å²) in [5.41, 5.74) is 2.45. The Morgan fingerprint density at radius 3 is 2.25 bits per heavy atom. The first-order valence-corrected chi connectivity index (χ1v) is 11.2. The lowest BCUT2D eigenvalue weighted by atomic mass is 10.1. The number of rotatable bonds is 8. The third-order valence-corrected chi connectivity index (χ3v) is 6.07. The van der Waals surface area contributed by atoms with Crippen molar-refractivity contribution in [3.63, 3.8) is 0 Å². The van der Waals surface area contributed by atoms with E-state index in [1.165, 1.54) is 6.07 Å². The molecule has 2 aromatic carbocycles. The molecule has 0 unspecified atom stereocenters. The maximum atomic E-state index is 13.4. The normalized spacial score (nSPS) is 10.9. The standard InChI is InChI=1S/C25H27Cl2N3O2/c1-18(2)30(25(32)20-11-12-22(26)23(27)14-20)17-24(31)29(15-19-8-5-4-6-9-19)16-21-10-7-13-28(21)3/h4-14,18H,15-17H2,1-3H3. The van der Waals surface area contributed by atoms with E-state index >= 15 is 0 Å². The monoisotopic (exact) mass is 471 g/mol. The van der Waals surface area contributed by atoms with Crippen LogP contribution in [-0.2, 0) is 24.9 Å². The number of aryl methyl sites for hydroxylation is 1. The van der Waals surface area contributed by atoms with Gasteiger partial charge in [-0.3, -0.25) is 9.59 Å². The number of carbonyl (C=O) groups is 2. The first-order valence-electron chi connectivity index (χ1n) is 10.4. The minimum absolute atomic E-state index is 0.0337. The molecule has 0 saturated heterocycles. The number of benzene rings is 2. The topological polar surface area (TPSA) is 45.6 Å². The number of amides is 2. The van der Waals surface area contributed by atoms with Crippen molar-refractivity contribution in [2.24, 2.45) is 7.05 Å². The van der Waals surface area contributed by atoms with Gasteiger partial charge in [-0.05, 0) is 49.7 Å². The number of hydrogen-bond acceptors (Lipinski definition) is 2. The van der Waals surface area contributed by atoms with Gasteiger partial charge in [0, 0.05) is 37.1 Å².